The van der Waals surface area contributed by atoms with Gasteiger partial charge in [0.15, 0.2) is 0 Å². The van der Waals surface area contributed by atoms with Gasteiger partial charge in [0.1, 0.15) is 5.75 Å². The predicted molar refractivity (Wildman–Crippen MR) is 147 cm³/mol. The summed E-state index contributed by atoms with van der Waals surface area (Å²) in [5, 5.41) is 14.0. The topological polar surface area (TPSA) is 61.8 Å². The first kappa shape index (κ1) is 25.5. The molecular weight excluding hydrogens is 460 g/mol. The monoisotopic (exact) mass is 498 g/mol. The maximum absolute atomic E-state index is 12.3. The molecule has 3 saturated heterocycles. The van der Waals surface area contributed by atoms with Crippen molar-refractivity contribution in [2.45, 2.75) is 50.7 Å². The lowest BCUT2D eigenvalue weighted by Crippen LogP contribution is -2.68. The van der Waals surface area contributed by atoms with Gasteiger partial charge in [-0.3, -0.25) is 9.69 Å². The Bertz CT molecular complexity index is 1160. The molecule has 0 aromatic heterocycles. The van der Waals surface area contributed by atoms with E-state index in [2.05, 4.69) is 103 Å². The molecule has 3 heterocycles. The van der Waals surface area contributed by atoms with Gasteiger partial charge in [0, 0.05) is 36.7 Å². The molecule has 194 valence electrons. The van der Waals surface area contributed by atoms with Crippen molar-refractivity contribution in [2.75, 3.05) is 20.2 Å². The van der Waals surface area contributed by atoms with Crippen molar-refractivity contribution in [1.29, 1.82) is 0 Å². The molecule has 2 bridgehead atoms. The molecule has 1 unspecified atom stereocenters. The number of methoxy groups -OCH3 is 1. The molecule has 3 aliphatic rings. The predicted octanol–water partition coefficient (Wildman–Crippen LogP) is 5.51. The van der Waals surface area contributed by atoms with Crippen LogP contribution in [0.15, 0.2) is 78.9 Å². The Morgan fingerprint density at radius 1 is 1.00 bits per heavy atom. The smallest absolute Gasteiger partial charge is 0.308 e. The number of aliphatic carboxylic acids is 1. The molecule has 6 rings (SSSR count). The van der Waals surface area contributed by atoms with Crippen LogP contribution in [0.2, 0.25) is 0 Å². The Labute approximate surface area is 220 Å². The van der Waals surface area contributed by atoms with Crippen LogP contribution < -0.4 is 10.1 Å². The minimum absolute atomic E-state index is 0.0291. The second-order valence-electron chi connectivity index (χ2n) is 10.8. The van der Waals surface area contributed by atoms with Gasteiger partial charge in [0.05, 0.1) is 13.0 Å². The molecule has 37 heavy (non-hydrogen) atoms. The molecule has 3 fully saturated rings. The Hall–Kier alpha value is -3.15. The van der Waals surface area contributed by atoms with Crippen molar-refractivity contribution in [3.05, 3.63) is 101 Å². The van der Waals surface area contributed by atoms with Crippen molar-refractivity contribution in [1.82, 2.24) is 10.2 Å². The van der Waals surface area contributed by atoms with Crippen molar-refractivity contribution >= 4 is 5.97 Å². The number of rotatable bonds is 9. The molecule has 5 nitrogen and oxygen atoms in total. The third-order valence-corrected chi connectivity index (χ3v) is 8.42. The maximum atomic E-state index is 12.3. The fraction of sp³-hybridized carbons (Fsp3) is 0.406. The molecule has 3 aliphatic heterocycles. The summed E-state index contributed by atoms with van der Waals surface area (Å²) in [6.07, 6.45) is 0.893. The summed E-state index contributed by atoms with van der Waals surface area (Å²) in [5.41, 5.74) is 4.93. The molecule has 0 spiro atoms. The normalized spacial score (nSPS) is 24.9. The van der Waals surface area contributed by atoms with Gasteiger partial charge in [0.2, 0.25) is 0 Å². The van der Waals surface area contributed by atoms with Gasteiger partial charge in [0.25, 0.3) is 0 Å². The largest absolute Gasteiger partial charge is 0.496 e. The average Bonchev–Trinajstić information content (AvgIpc) is 2.93. The first-order valence-corrected chi connectivity index (χ1v) is 13.4. The lowest BCUT2D eigenvalue weighted by molar-refractivity contribution is -0.152. The van der Waals surface area contributed by atoms with Crippen LogP contribution in [0.5, 0.6) is 5.75 Å². The van der Waals surface area contributed by atoms with E-state index in [9.17, 15) is 9.90 Å². The summed E-state index contributed by atoms with van der Waals surface area (Å²) in [7, 11) is 1.71. The number of nitrogens with zero attached hydrogens (tertiary/aromatic N) is 1. The Balaban J connectivity index is 1.54. The van der Waals surface area contributed by atoms with E-state index in [4.69, 9.17) is 4.74 Å². The van der Waals surface area contributed by atoms with E-state index < -0.39 is 5.97 Å². The molecule has 0 saturated carbocycles. The highest BCUT2D eigenvalue weighted by Gasteiger charge is 2.52. The number of fused-ring (bicyclic) bond motifs is 3. The van der Waals surface area contributed by atoms with Gasteiger partial charge >= 0.3 is 5.97 Å². The minimum atomic E-state index is -0.685. The van der Waals surface area contributed by atoms with Gasteiger partial charge in [-0.1, -0.05) is 86.6 Å². The number of carboxylic acid groups (broad SMARTS) is 1. The van der Waals surface area contributed by atoms with Crippen molar-refractivity contribution in [3.8, 4) is 5.75 Å². The number of ether oxygens (including phenoxy) is 1. The minimum Gasteiger partial charge on any atom is -0.496 e. The van der Waals surface area contributed by atoms with Crippen molar-refractivity contribution in [3.63, 3.8) is 0 Å². The van der Waals surface area contributed by atoms with Crippen LogP contribution in [0.3, 0.4) is 0 Å². The van der Waals surface area contributed by atoms with Crippen LogP contribution in [0.4, 0.5) is 0 Å². The van der Waals surface area contributed by atoms with Crippen molar-refractivity contribution < 1.29 is 14.6 Å². The summed E-state index contributed by atoms with van der Waals surface area (Å²) in [4.78, 5) is 14.8. The van der Waals surface area contributed by atoms with Crippen LogP contribution in [0.1, 0.15) is 54.4 Å². The van der Waals surface area contributed by atoms with E-state index >= 15 is 0 Å². The fourth-order valence-corrected chi connectivity index (χ4v) is 6.56. The highest BCUT2D eigenvalue weighted by Crippen LogP contribution is 2.44. The van der Waals surface area contributed by atoms with Crippen LogP contribution in [0, 0.1) is 11.8 Å². The van der Waals surface area contributed by atoms with Crippen molar-refractivity contribution in [2.24, 2.45) is 11.8 Å². The summed E-state index contributed by atoms with van der Waals surface area (Å²) in [5.74, 6) is 0.454. The number of nitrogens with one attached hydrogen (secondary N) is 1. The Morgan fingerprint density at radius 3 is 2.22 bits per heavy atom. The van der Waals surface area contributed by atoms with E-state index in [-0.39, 0.29) is 29.8 Å². The number of hydrogen-bond donors (Lipinski definition) is 2. The van der Waals surface area contributed by atoms with E-state index in [1.807, 2.05) is 0 Å². The molecule has 5 atom stereocenters. The van der Waals surface area contributed by atoms with Gasteiger partial charge in [-0.2, -0.15) is 0 Å². The Morgan fingerprint density at radius 2 is 1.65 bits per heavy atom. The first-order chi connectivity index (χ1) is 18.0. The number of carboxylic acids is 1. The lowest BCUT2D eigenvalue weighted by atomic mass is 9.66. The van der Waals surface area contributed by atoms with Crippen LogP contribution >= 0.6 is 0 Å². The number of piperidine rings is 3. The summed E-state index contributed by atoms with van der Waals surface area (Å²) in [6, 6.07) is 28.0. The van der Waals surface area contributed by atoms with Gasteiger partial charge in [-0.25, -0.2) is 0 Å². The standard InChI is InChI=1S/C32H38N2O3/c1-21(2)24-14-15-28(37-3)25(18-24)19-33-30-26-16-17-34(20-27(26)32(35)36)31(30)29(22-10-6-4-7-11-22)23-12-8-5-9-13-23/h4-15,18,21,26-27,29-31,33H,16-17,19-20H2,1-3H3,(H,35,36)/t26-,27+,30-,31-/m0/s1. The molecule has 0 radical (unpaired) electrons. The molecule has 0 aliphatic carbocycles. The summed E-state index contributed by atoms with van der Waals surface area (Å²) in [6.45, 7) is 6.57. The van der Waals surface area contributed by atoms with Gasteiger partial charge in [-0.15, -0.1) is 0 Å². The SMILES string of the molecule is COc1ccc(C(C)C)cc1CN[C@H]1[C@H]2CCN(C[C@H]2C(=O)O)[C@H]1C(c1ccccc1)c1ccccc1. The number of carbonyl (C=O) groups is 1. The van der Waals surface area contributed by atoms with Crippen LogP contribution in [-0.2, 0) is 11.3 Å². The second kappa shape index (κ2) is 11.1. The summed E-state index contributed by atoms with van der Waals surface area (Å²) < 4.78 is 5.71. The first-order valence-electron chi connectivity index (χ1n) is 13.4. The second-order valence-corrected chi connectivity index (χ2v) is 10.8. The summed E-state index contributed by atoms with van der Waals surface area (Å²) >= 11 is 0. The quantitative estimate of drug-likeness (QED) is 0.407. The van der Waals surface area contributed by atoms with E-state index in [1.54, 1.807) is 7.11 Å². The average molecular weight is 499 g/mol. The Kier molecular flexibility index (Phi) is 7.63. The zero-order valence-electron chi connectivity index (χ0n) is 22.0. The molecule has 2 N–H and O–H groups in total. The molecule has 3 aromatic rings. The highest BCUT2D eigenvalue weighted by molar-refractivity contribution is 5.71. The van der Waals surface area contributed by atoms with E-state index in [0.717, 1.165) is 24.3 Å². The number of hydrogen-bond acceptors (Lipinski definition) is 4. The molecule has 0 amide bonds. The van der Waals surface area contributed by atoms with E-state index in [1.165, 1.54) is 16.7 Å². The third-order valence-electron chi connectivity index (χ3n) is 8.42. The van der Waals surface area contributed by atoms with Crippen LogP contribution in [0.25, 0.3) is 0 Å². The van der Waals surface area contributed by atoms with Gasteiger partial charge in [-0.05, 0) is 47.6 Å². The lowest BCUT2D eigenvalue weighted by Gasteiger charge is -2.56. The maximum Gasteiger partial charge on any atom is 0.308 e. The molecule has 5 heteroatoms. The molecule has 3 aromatic carbocycles. The highest BCUT2D eigenvalue weighted by atomic mass is 16.5. The fourth-order valence-electron chi connectivity index (χ4n) is 6.56. The van der Waals surface area contributed by atoms with Crippen LogP contribution in [-0.4, -0.2) is 48.3 Å². The van der Waals surface area contributed by atoms with Gasteiger partial charge < -0.3 is 15.2 Å². The zero-order chi connectivity index (χ0) is 25.9. The third kappa shape index (κ3) is 5.16. The number of benzene rings is 3. The molecular formula is C32H38N2O3. The van der Waals surface area contributed by atoms with E-state index in [0.29, 0.717) is 19.0 Å². The zero-order valence-corrected chi connectivity index (χ0v) is 22.0.